The number of methoxy groups -OCH3 is 1. The summed E-state index contributed by atoms with van der Waals surface area (Å²) < 4.78 is 51.1. The monoisotopic (exact) mass is 650 g/mol. The molecule has 1 saturated heterocycles. The van der Waals surface area contributed by atoms with Crippen molar-refractivity contribution in [1.29, 1.82) is 0 Å². The van der Waals surface area contributed by atoms with Gasteiger partial charge in [0, 0.05) is 31.0 Å². The molecule has 3 aromatic rings. The molecule has 1 fully saturated rings. The van der Waals surface area contributed by atoms with Crippen LogP contribution in [0.15, 0.2) is 66.7 Å². The number of benzene rings is 3. The van der Waals surface area contributed by atoms with E-state index in [-0.39, 0.29) is 53.8 Å². The van der Waals surface area contributed by atoms with Gasteiger partial charge in [0.05, 0.1) is 12.7 Å². The summed E-state index contributed by atoms with van der Waals surface area (Å²) in [5.74, 6) is 0.802. The van der Waals surface area contributed by atoms with Gasteiger partial charge in [0.2, 0.25) is 5.91 Å². The molecule has 0 spiro atoms. The molecule has 0 bridgehead atoms. The second-order valence-electron chi connectivity index (χ2n) is 13.5. The Morgan fingerprint density at radius 2 is 1.52 bits per heavy atom. The Morgan fingerprint density at radius 3 is 2.02 bits per heavy atom. The van der Waals surface area contributed by atoms with Gasteiger partial charge in [-0.05, 0) is 52.4 Å². The van der Waals surface area contributed by atoms with Gasteiger partial charge in [-0.3, -0.25) is 4.79 Å². The number of rotatable bonds is 8. The number of carbonyl (C=O) groups excluding carboxylic acids is 1. The van der Waals surface area contributed by atoms with Crippen molar-refractivity contribution in [3.05, 3.63) is 93.6 Å². The minimum atomic E-state index is -4.47. The van der Waals surface area contributed by atoms with Gasteiger partial charge in [-0.15, -0.1) is 0 Å². The minimum Gasteiger partial charge on any atom is -0.668 e. The molecule has 1 aliphatic heterocycles. The summed E-state index contributed by atoms with van der Waals surface area (Å²) in [6, 6.07) is 19.3. The molecule has 44 heavy (non-hydrogen) atoms. The van der Waals surface area contributed by atoms with Crippen molar-refractivity contribution >= 4 is 22.4 Å². The number of halogens is 3. The van der Waals surface area contributed by atoms with E-state index in [1.54, 1.807) is 12.0 Å². The predicted molar refractivity (Wildman–Crippen MR) is 177 cm³/mol. The van der Waals surface area contributed by atoms with Crippen molar-refractivity contribution in [2.24, 2.45) is 0 Å². The van der Waals surface area contributed by atoms with Crippen LogP contribution in [0, 0.1) is 0 Å². The van der Waals surface area contributed by atoms with Gasteiger partial charge in [0.15, 0.2) is 0 Å². The van der Waals surface area contributed by atoms with E-state index in [0.29, 0.717) is 29.8 Å². The Bertz CT molecular complexity index is 1380. The molecule has 10 heteroatoms. The fourth-order valence-electron chi connectivity index (χ4n) is 5.54. The molecule has 1 amide bonds. The zero-order chi connectivity index (χ0) is 32.2. The van der Waals surface area contributed by atoms with E-state index >= 15 is 0 Å². The van der Waals surface area contributed by atoms with Crippen LogP contribution in [0.5, 0.6) is 5.75 Å². The third-order valence-electron chi connectivity index (χ3n) is 7.13. The molecule has 3 aromatic carbocycles. The van der Waals surface area contributed by atoms with Crippen LogP contribution in [0.25, 0.3) is 15.8 Å². The standard InChI is InChI=1S/C28H28F3NO2.C6H18NSi2.Na/c1-18(2)20-9-12-26(34-3)25(14-20)24-11-10-23(28(29,30)31)13-22(24)17-32-16-21(15-27(32)33)19-7-5-4-6-8-19;1-8(2,3)7-9(4,5)6;/h4-14,18,21H,15-17H2,1-3H3;1-6H3;/q;-1;+1. The quantitative estimate of drug-likeness (QED) is 0.245. The van der Waals surface area contributed by atoms with Crippen molar-refractivity contribution in [2.45, 2.75) is 84.1 Å². The molecule has 4 rings (SSSR count). The number of hydrogen-bond donors (Lipinski definition) is 0. The van der Waals surface area contributed by atoms with Crippen molar-refractivity contribution in [1.82, 2.24) is 4.90 Å². The first kappa shape index (κ1) is 38.3. The van der Waals surface area contributed by atoms with Crippen LogP contribution in [0.2, 0.25) is 39.3 Å². The van der Waals surface area contributed by atoms with Crippen LogP contribution >= 0.6 is 0 Å². The summed E-state index contributed by atoms with van der Waals surface area (Å²) in [7, 11) is -0.664. The molecule has 234 valence electrons. The zero-order valence-electron chi connectivity index (χ0n) is 28.0. The van der Waals surface area contributed by atoms with Crippen LogP contribution < -0.4 is 34.3 Å². The number of nitrogens with zero attached hydrogens (tertiary/aromatic N) is 2. The van der Waals surface area contributed by atoms with E-state index in [4.69, 9.17) is 9.38 Å². The number of ether oxygens (including phenoxy) is 1. The molecule has 1 aliphatic rings. The minimum absolute atomic E-state index is 0. The van der Waals surface area contributed by atoms with Crippen molar-refractivity contribution < 1.29 is 52.3 Å². The maximum atomic E-state index is 13.6. The average Bonchev–Trinajstić information content (AvgIpc) is 3.26. The van der Waals surface area contributed by atoms with E-state index in [9.17, 15) is 18.0 Å². The molecule has 1 unspecified atom stereocenters. The first-order chi connectivity index (χ1) is 19.9. The third kappa shape index (κ3) is 11.2. The number of amides is 1. The maximum Gasteiger partial charge on any atom is 1.00 e. The molecule has 0 N–H and O–H groups in total. The van der Waals surface area contributed by atoms with Crippen LogP contribution in [0.3, 0.4) is 0 Å². The first-order valence-corrected chi connectivity index (χ1v) is 21.7. The second kappa shape index (κ2) is 15.6. The topological polar surface area (TPSA) is 43.6 Å². The molecule has 0 radical (unpaired) electrons. The Kier molecular flexibility index (Phi) is 13.6. The van der Waals surface area contributed by atoms with Crippen molar-refractivity contribution in [3.63, 3.8) is 0 Å². The molecular formula is C34H46F3N2NaO2Si2. The van der Waals surface area contributed by atoms with Gasteiger partial charge in [-0.2, -0.15) is 13.2 Å². The van der Waals surface area contributed by atoms with E-state index in [2.05, 4.69) is 53.1 Å². The molecule has 0 aromatic heterocycles. The SMILES string of the molecule is COc1ccc(C(C)C)cc1-c1ccc(C(F)(F)F)cc1CN1CC(c2ccccc2)CC1=O.C[Si](C)(C)[N-][Si](C)(C)C.[Na+]. The van der Waals surface area contributed by atoms with Gasteiger partial charge < -0.3 is 14.3 Å². The normalized spacial score (nSPS) is 15.5. The van der Waals surface area contributed by atoms with Crippen LogP contribution in [0.1, 0.15) is 54.4 Å². The molecule has 4 nitrogen and oxygen atoms in total. The number of carbonyl (C=O) groups is 1. The molecule has 1 atom stereocenters. The number of hydrogen-bond acceptors (Lipinski definition) is 2. The maximum absolute atomic E-state index is 13.6. The van der Waals surface area contributed by atoms with Crippen LogP contribution in [-0.4, -0.2) is 40.9 Å². The van der Waals surface area contributed by atoms with Crippen LogP contribution in [-0.2, 0) is 17.5 Å². The van der Waals surface area contributed by atoms with E-state index < -0.39 is 28.2 Å². The Hall–Kier alpha value is -1.89. The average molecular weight is 651 g/mol. The van der Waals surface area contributed by atoms with Gasteiger partial charge in [-0.25, -0.2) is 0 Å². The van der Waals surface area contributed by atoms with Gasteiger partial charge >= 0.3 is 35.7 Å². The number of likely N-dealkylation sites (tertiary alicyclic amines) is 1. The van der Waals surface area contributed by atoms with E-state index in [1.807, 2.05) is 48.5 Å². The Morgan fingerprint density at radius 1 is 0.909 bits per heavy atom. The summed E-state index contributed by atoms with van der Waals surface area (Å²) >= 11 is 0. The Labute approximate surface area is 286 Å². The summed E-state index contributed by atoms with van der Waals surface area (Å²) in [6.45, 7) is 18.5. The second-order valence-corrected chi connectivity index (χ2v) is 23.1. The third-order valence-corrected chi connectivity index (χ3v) is 12.5. The smallest absolute Gasteiger partial charge is 0.668 e. The first-order valence-electron chi connectivity index (χ1n) is 14.8. The van der Waals surface area contributed by atoms with Crippen molar-refractivity contribution in [3.8, 4) is 16.9 Å². The predicted octanol–water partition coefficient (Wildman–Crippen LogP) is 7.05. The summed E-state index contributed by atoms with van der Waals surface area (Å²) in [5.41, 5.74) is 3.22. The zero-order valence-corrected chi connectivity index (χ0v) is 32.0. The molecule has 1 heterocycles. The van der Waals surface area contributed by atoms with Crippen molar-refractivity contribution in [2.75, 3.05) is 13.7 Å². The Balaban J connectivity index is 0.000000589. The van der Waals surface area contributed by atoms with Gasteiger partial charge in [0.25, 0.3) is 0 Å². The summed E-state index contributed by atoms with van der Waals surface area (Å²) in [5, 5.41) is 0. The molecule has 0 saturated carbocycles. The van der Waals surface area contributed by atoms with E-state index in [1.165, 1.54) is 12.1 Å². The largest absolute Gasteiger partial charge is 1.00 e. The summed E-state index contributed by atoms with van der Waals surface area (Å²) in [4.78, 5) is 14.5. The van der Waals surface area contributed by atoms with Gasteiger partial charge in [-0.1, -0.05) is 112 Å². The fourth-order valence-corrected chi connectivity index (χ4v) is 13.6. The molecule has 0 aliphatic carbocycles. The number of alkyl halides is 3. The van der Waals surface area contributed by atoms with Gasteiger partial charge in [0.1, 0.15) is 5.75 Å². The van der Waals surface area contributed by atoms with E-state index in [0.717, 1.165) is 22.8 Å². The summed E-state index contributed by atoms with van der Waals surface area (Å²) in [6.07, 6.45) is -4.12. The fraction of sp³-hybridized carbons (Fsp3) is 0.441. The molecular weight excluding hydrogens is 605 g/mol. The van der Waals surface area contributed by atoms with Crippen LogP contribution in [0.4, 0.5) is 13.2 Å².